The summed E-state index contributed by atoms with van der Waals surface area (Å²) in [5.41, 5.74) is 5.30. The average Bonchev–Trinajstić information content (AvgIpc) is 3.00. The van der Waals surface area contributed by atoms with Gasteiger partial charge in [0.2, 0.25) is 5.91 Å². The number of carbonyl (C=O) groups excluding carboxylic acids is 1. The summed E-state index contributed by atoms with van der Waals surface area (Å²) in [5, 5.41) is 8.70. The monoisotopic (exact) mass is 294 g/mol. The highest BCUT2D eigenvalue weighted by atomic mass is 32.2. The Morgan fingerprint density at radius 3 is 2.75 bits per heavy atom. The average molecular weight is 294 g/mol. The van der Waals surface area contributed by atoms with Gasteiger partial charge in [0.1, 0.15) is 11.6 Å². The first-order valence-corrected chi connectivity index (χ1v) is 7.28. The summed E-state index contributed by atoms with van der Waals surface area (Å²) in [7, 11) is 0. The fraction of sp³-hybridized carbons (Fsp3) is 0.462. The molecule has 1 atom stereocenters. The first-order chi connectivity index (χ1) is 9.49. The number of primary amides is 1. The number of furan rings is 1. The van der Waals surface area contributed by atoms with Gasteiger partial charge in [-0.25, -0.2) is 0 Å². The maximum Gasteiger partial charge on any atom is 0.230 e. The van der Waals surface area contributed by atoms with Gasteiger partial charge in [-0.15, -0.1) is 10.2 Å². The molecule has 0 aliphatic carbocycles. The van der Waals surface area contributed by atoms with Crippen LogP contribution >= 0.6 is 11.8 Å². The molecule has 2 aromatic heterocycles. The molecule has 0 aliphatic rings. The Balaban J connectivity index is 2.29. The highest BCUT2D eigenvalue weighted by Crippen LogP contribution is 2.25. The van der Waals surface area contributed by atoms with Gasteiger partial charge in [0, 0.05) is 5.92 Å². The van der Waals surface area contributed by atoms with Crippen LogP contribution in [-0.2, 0) is 11.3 Å². The minimum atomic E-state index is -0.367. The molecule has 2 rings (SSSR count). The Morgan fingerprint density at radius 2 is 2.20 bits per heavy atom. The van der Waals surface area contributed by atoms with Gasteiger partial charge in [-0.1, -0.05) is 25.6 Å². The molecular weight excluding hydrogens is 276 g/mol. The predicted molar refractivity (Wildman–Crippen MR) is 76.4 cm³/mol. The van der Waals surface area contributed by atoms with Crippen molar-refractivity contribution in [3.63, 3.8) is 0 Å². The van der Waals surface area contributed by atoms with E-state index >= 15 is 0 Å². The van der Waals surface area contributed by atoms with Crippen LogP contribution in [0.2, 0.25) is 0 Å². The number of hydrogen-bond donors (Lipinski definition) is 1. The van der Waals surface area contributed by atoms with Gasteiger partial charge >= 0.3 is 0 Å². The van der Waals surface area contributed by atoms with E-state index in [1.54, 1.807) is 13.2 Å². The second-order valence-electron chi connectivity index (χ2n) is 4.82. The van der Waals surface area contributed by atoms with Crippen LogP contribution < -0.4 is 5.73 Å². The quantitative estimate of drug-likeness (QED) is 0.823. The normalized spacial score (nSPS) is 12.8. The van der Waals surface area contributed by atoms with Gasteiger partial charge in [-0.2, -0.15) is 0 Å². The highest BCUT2D eigenvalue weighted by molar-refractivity contribution is 8.00. The molecule has 0 spiro atoms. The SMILES string of the molecule is CC(Sc1nnc(C(C)C)n1Cc1ccco1)C(N)=O. The molecule has 2 aromatic rings. The van der Waals surface area contributed by atoms with Gasteiger partial charge in [0.25, 0.3) is 0 Å². The molecule has 0 bridgehead atoms. The summed E-state index contributed by atoms with van der Waals surface area (Å²) >= 11 is 1.31. The van der Waals surface area contributed by atoms with Crippen molar-refractivity contribution in [1.82, 2.24) is 14.8 Å². The first-order valence-electron chi connectivity index (χ1n) is 6.40. The third kappa shape index (κ3) is 3.22. The van der Waals surface area contributed by atoms with E-state index in [-0.39, 0.29) is 17.1 Å². The molecule has 1 unspecified atom stereocenters. The molecule has 2 N–H and O–H groups in total. The van der Waals surface area contributed by atoms with Crippen molar-refractivity contribution in [1.29, 1.82) is 0 Å². The molecule has 0 aliphatic heterocycles. The van der Waals surface area contributed by atoms with E-state index < -0.39 is 0 Å². The lowest BCUT2D eigenvalue weighted by molar-refractivity contribution is -0.117. The van der Waals surface area contributed by atoms with Crippen molar-refractivity contribution in [3.8, 4) is 0 Å². The lowest BCUT2D eigenvalue weighted by atomic mass is 10.2. The molecule has 0 saturated carbocycles. The van der Waals surface area contributed by atoms with Crippen LogP contribution in [-0.4, -0.2) is 25.9 Å². The minimum absolute atomic E-state index is 0.232. The summed E-state index contributed by atoms with van der Waals surface area (Å²) in [5.74, 6) is 1.55. The fourth-order valence-electron chi connectivity index (χ4n) is 1.74. The molecule has 7 heteroatoms. The van der Waals surface area contributed by atoms with Gasteiger partial charge in [0.05, 0.1) is 18.1 Å². The number of nitrogens with zero attached hydrogens (tertiary/aromatic N) is 3. The van der Waals surface area contributed by atoms with Crippen molar-refractivity contribution in [2.45, 2.75) is 43.6 Å². The van der Waals surface area contributed by atoms with Crippen LogP contribution in [0, 0.1) is 0 Å². The highest BCUT2D eigenvalue weighted by Gasteiger charge is 2.20. The Kier molecular flexibility index (Phi) is 4.49. The smallest absolute Gasteiger partial charge is 0.230 e. The predicted octanol–water partition coefficient (Wildman–Crippen LogP) is 2.01. The Hall–Kier alpha value is -1.76. The van der Waals surface area contributed by atoms with Crippen molar-refractivity contribution < 1.29 is 9.21 Å². The Bertz CT molecular complexity index is 577. The second kappa shape index (κ2) is 6.13. The summed E-state index contributed by atoms with van der Waals surface area (Å²) in [4.78, 5) is 11.2. The molecular formula is C13H18N4O2S. The van der Waals surface area contributed by atoms with Gasteiger partial charge in [-0.3, -0.25) is 9.36 Å². The standard InChI is InChI=1S/C13H18N4O2S/c1-8(2)12-15-16-13(20-9(3)11(14)18)17(12)7-10-5-4-6-19-10/h4-6,8-9H,7H2,1-3H3,(H2,14,18). The van der Waals surface area contributed by atoms with Crippen LogP contribution in [0.3, 0.4) is 0 Å². The van der Waals surface area contributed by atoms with Crippen LogP contribution in [0.25, 0.3) is 0 Å². The van der Waals surface area contributed by atoms with E-state index in [0.29, 0.717) is 11.7 Å². The molecule has 0 saturated heterocycles. The number of amides is 1. The minimum Gasteiger partial charge on any atom is -0.467 e. The molecule has 0 fully saturated rings. The van der Waals surface area contributed by atoms with Crippen molar-refractivity contribution in [2.24, 2.45) is 5.73 Å². The maximum absolute atomic E-state index is 11.2. The van der Waals surface area contributed by atoms with Crippen molar-refractivity contribution in [3.05, 3.63) is 30.0 Å². The Labute approximate surface area is 121 Å². The van der Waals surface area contributed by atoms with E-state index in [9.17, 15) is 4.79 Å². The fourth-order valence-corrected chi connectivity index (χ4v) is 2.54. The lowest BCUT2D eigenvalue weighted by Crippen LogP contribution is -2.23. The number of hydrogen-bond acceptors (Lipinski definition) is 5. The van der Waals surface area contributed by atoms with Gasteiger partial charge < -0.3 is 10.2 Å². The van der Waals surface area contributed by atoms with Crippen LogP contribution in [0.1, 0.15) is 38.3 Å². The maximum atomic E-state index is 11.2. The van der Waals surface area contributed by atoms with Gasteiger partial charge in [-0.05, 0) is 19.1 Å². The molecule has 0 aromatic carbocycles. The molecule has 2 heterocycles. The zero-order valence-electron chi connectivity index (χ0n) is 11.7. The van der Waals surface area contributed by atoms with Crippen LogP contribution in [0.4, 0.5) is 0 Å². The third-order valence-corrected chi connectivity index (χ3v) is 3.94. The van der Waals surface area contributed by atoms with E-state index in [4.69, 9.17) is 10.2 Å². The zero-order chi connectivity index (χ0) is 14.7. The molecule has 20 heavy (non-hydrogen) atoms. The number of thioether (sulfide) groups is 1. The molecule has 0 radical (unpaired) electrons. The van der Waals surface area contributed by atoms with Crippen molar-refractivity contribution in [2.75, 3.05) is 0 Å². The summed E-state index contributed by atoms with van der Waals surface area (Å²) in [6.07, 6.45) is 1.63. The van der Waals surface area contributed by atoms with Gasteiger partial charge in [0.15, 0.2) is 5.16 Å². The molecule has 108 valence electrons. The summed E-state index contributed by atoms with van der Waals surface area (Å²) in [6.45, 7) is 6.40. The number of carbonyl (C=O) groups is 1. The first kappa shape index (κ1) is 14.6. The number of nitrogens with two attached hydrogens (primary N) is 1. The van der Waals surface area contributed by atoms with E-state index in [1.165, 1.54) is 11.8 Å². The van der Waals surface area contributed by atoms with Crippen LogP contribution in [0.5, 0.6) is 0 Å². The summed E-state index contributed by atoms with van der Waals surface area (Å²) < 4.78 is 7.34. The topological polar surface area (TPSA) is 86.9 Å². The largest absolute Gasteiger partial charge is 0.467 e. The van der Waals surface area contributed by atoms with Crippen molar-refractivity contribution >= 4 is 17.7 Å². The van der Waals surface area contributed by atoms with Crippen LogP contribution in [0.15, 0.2) is 28.0 Å². The molecule has 6 nitrogen and oxygen atoms in total. The Morgan fingerprint density at radius 1 is 1.45 bits per heavy atom. The molecule has 1 amide bonds. The number of aromatic nitrogens is 3. The van der Waals surface area contributed by atoms with E-state index in [1.807, 2.05) is 16.7 Å². The third-order valence-electron chi connectivity index (χ3n) is 2.84. The zero-order valence-corrected chi connectivity index (χ0v) is 12.6. The summed E-state index contributed by atoms with van der Waals surface area (Å²) in [6, 6.07) is 3.74. The number of rotatable bonds is 6. The lowest BCUT2D eigenvalue weighted by Gasteiger charge is -2.12. The second-order valence-corrected chi connectivity index (χ2v) is 6.13. The van der Waals surface area contributed by atoms with E-state index in [2.05, 4.69) is 24.0 Å². The van der Waals surface area contributed by atoms with E-state index in [0.717, 1.165) is 11.6 Å².